The van der Waals surface area contributed by atoms with Crippen molar-refractivity contribution in [2.75, 3.05) is 4.90 Å². The van der Waals surface area contributed by atoms with E-state index < -0.39 is 8.07 Å². The first-order valence-electron chi connectivity index (χ1n) is 23.4. The van der Waals surface area contributed by atoms with Crippen LogP contribution < -0.4 is 42.0 Å². The van der Waals surface area contributed by atoms with Gasteiger partial charge in [0.05, 0.1) is 5.69 Å². The van der Waals surface area contributed by atoms with Crippen LogP contribution in [0.3, 0.4) is 0 Å². The Morgan fingerprint density at radius 1 is 0.388 bits per heavy atom. The van der Waals surface area contributed by atoms with Crippen LogP contribution in [-0.4, -0.2) is 14.8 Å². The van der Waals surface area contributed by atoms with E-state index in [1.807, 2.05) is 23.5 Å². The van der Waals surface area contributed by atoms with E-state index in [4.69, 9.17) is 0 Å². The largest absolute Gasteiger partial charge is 0.310 e. The van der Waals surface area contributed by atoms with E-state index in [0.29, 0.717) is 0 Å². The molecule has 0 amide bonds. The van der Waals surface area contributed by atoms with Crippen molar-refractivity contribution in [2.24, 2.45) is 0 Å². The lowest BCUT2D eigenvalue weighted by atomic mass is 9.36. The molecule has 312 valence electrons. The van der Waals surface area contributed by atoms with Gasteiger partial charge in [0.1, 0.15) is 0 Å². The van der Waals surface area contributed by atoms with Crippen LogP contribution in [0.2, 0.25) is 0 Å². The molecule has 1 nitrogen and oxygen atoms in total. The maximum absolute atomic E-state index is 2.99. The summed E-state index contributed by atoms with van der Waals surface area (Å²) in [5.74, 6) is 0.383. The van der Waals surface area contributed by atoms with Crippen molar-refractivity contribution in [1.29, 1.82) is 0 Å². The second kappa shape index (κ2) is 14.5. The predicted octanol–water partition coefficient (Wildman–Crippen LogP) is 10.9. The molecule has 6 aliphatic rings. The Labute approximate surface area is 401 Å². The minimum absolute atomic E-state index is 0.165. The topological polar surface area (TPSA) is 3.24 Å². The molecular formula is C62H40BNS2Si. The second-order valence-electron chi connectivity index (χ2n) is 18.5. The molecule has 3 aliphatic carbocycles. The van der Waals surface area contributed by atoms with Crippen LogP contribution in [0.5, 0.6) is 0 Å². The summed E-state index contributed by atoms with van der Waals surface area (Å²) in [6.45, 7) is 0.165. The maximum Gasteiger partial charge on any atom is 0.247 e. The molecule has 0 saturated heterocycles. The van der Waals surface area contributed by atoms with Gasteiger partial charge in [0.15, 0.2) is 8.07 Å². The number of rotatable bonds is 4. The molecule has 0 atom stereocenters. The van der Waals surface area contributed by atoms with E-state index in [1.54, 1.807) is 0 Å². The second-order valence-corrected chi connectivity index (χ2v) is 24.4. The van der Waals surface area contributed by atoms with Gasteiger partial charge in [-0.1, -0.05) is 229 Å². The van der Waals surface area contributed by atoms with Crippen molar-refractivity contribution in [3.63, 3.8) is 0 Å². The summed E-state index contributed by atoms with van der Waals surface area (Å²) in [7, 11) is -2.99. The Balaban J connectivity index is 1.01. The Bertz CT molecular complexity index is 3610. The maximum atomic E-state index is 2.64. The van der Waals surface area contributed by atoms with E-state index in [0.717, 1.165) is 0 Å². The molecule has 2 bridgehead atoms. The highest BCUT2D eigenvalue weighted by molar-refractivity contribution is 8.01. The van der Waals surface area contributed by atoms with Crippen molar-refractivity contribution < 1.29 is 0 Å². The van der Waals surface area contributed by atoms with Crippen LogP contribution in [0.15, 0.2) is 250 Å². The summed E-state index contributed by atoms with van der Waals surface area (Å²) >= 11 is 3.87. The molecule has 10 aromatic rings. The molecule has 0 saturated carbocycles. The van der Waals surface area contributed by atoms with E-state index >= 15 is 0 Å². The van der Waals surface area contributed by atoms with Crippen molar-refractivity contribution in [1.82, 2.24) is 0 Å². The molecule has 0 fully saturated rings. The van der Waals surface area contributed by atoms with Crippen molar-refractivity contribution >= 4 is 92.5 Å². The number of hydrogen-bond acceptors (Lipinski definition) is 3. The number of fused-ring (bicyclic) bond motifs is 6. The van der Waals surface area contributed by atoms with Crippen LogP contribution in [0.4, 0.5) is 17.1 Å². The van der Waals surface area contributed by atoms with Gasteiger partial charge in [-0.15, -0.1) is 0 Å². The molecule has 67 heavy (non-hydrogen) atoms. The van der Waals surface area contributed by atoms with Gasteiger partial charge in [0.2, 0.25) is 6.71 Å². The molecule has 0 spiro atoms. The molecule has 0 N–H and O–H groups in total. The molecule has 0 unspecified atom stereocenters. The molecule has 16 rings (SSSR count). The van der Waals surface area contributed by atoms with Gasteiger partial charge < -0.3 is 4.90 Å². The lowest BCUT2D eigenvalue weighted by molar-refractivity contribution is 0.756. The number of nitrogens with zero attached hydrogens (tertiary/aromatic N) is 1. The minimum Gasteiger partial charge on any atom is -0.310 e. The highest BCUT2D eigenvalue weighted by Gasteiger charge is 2.50. The summed E-state index contributed by atoms with van der Waals surface area (Å²) in [6.07, 6.45) is 0. The zero-order valence-corrected chi connectivity index (χ0v) is 39.1. The fourth-order valence-corrected chi connectivity index (χ4v) is 20.5. The van der Waals surface area contributed by atoms with Crippen LogP contribution in [0.1, 0.15) is 45.2 Å². The van der Waals surface area contributed by atoms with E-state index in [1.165, 1.54) is 118 Å². The normalized spacial score (nSPS) is 16.9. The molecule has 0 radical (unpaired) electrons. The zero-order chi connectivity index (χ0) is 43.8. The van der Waals surface area contributed by atoms with Gasteiger partial charge in [-0.25, -0.2) is 0 Å². The predicted molar refractivity (Wildman–Crippen MR) is 284 cm³/mol. The van der Waals surface area contributed by atoms with E-state index in [2.05, 4.69) is 235 Å². The fourth-order valence-electron chi connectivity index (χ4n) is 12.9. The van der Waals surface area contributed by atoms with Gasteiger partial charge in [-0.3, -0.25) is 0 Å². The molecular weight excluding hydrogens is 862 g/mol. The molecule has 3 heterocycles. The third kappa shape index (κ3) is 5.20. The van der Waals surface area contributed by atoms with Gasteiger partial charge in [0.25, 0.3) is 0 Å². The van der Waals surface area contributed by atoms with Gasteiger partial charge >= 0.3 is 0 Å². The quantitative estimate of drug-likeness (QED) is 0.162. The molecule has 5 heteroatoms. The van der Waals surface area contributed by atoms with Gasteiger partial charge in [-0.05, 0) is 107 Å². The molecule has 0 aromatic heterocycles. The molecule has 3 aliphatic heterocycles. The Hall–Kier alpha value is -7.02. The summed E-state index contributed by atoms with van der Waals surface area (Å²) in [4.78, 5) is 8.06. The van der Waals surface area contributed by atoms with Crippen molar-refractivity contribution in [2.45, 2.75) is 31.4 Å². The third-order valence-corrected chi connectivity index (χ3v) is 22.7. The number of anilines is 3. The highest BCUT2D eigenvalue weighted by Crippen LogP contribution is 2.58. The summed E-state index contributed by atoms with van der Waals surface area (Å²) < 4.78 is 0. The minimum atomic E-state index is -2.99. The van der Waals surface area contributed by atoms with Crippen LogP contribution in [0.25, 0.3) is 11.1 Å². The smallest absolute Gasteiger partial charge is 0.247 e. The van der Waals surface area contributed by atoms with E-state index in [9.17, 15) is 0 Å². The van der Waals surface area contributed by atoms with Crippen LogP contribution >= 0.6 is 23.5 Å². The van der Waals surface area contributed by atoms with Gasteiger partial charge in [0, 0.05) is 42.8 Å². The summed E-state index contributed by atoms with van der Waals surface area (Å²) in [6, 6.07) is 88.6. The first kappa shape index (κ1) is 38.1. The first-order chi connectivity index (χ1) is 33.3. The molecule has 10 aromatic carbocycles. The lowest BCUT2D eigenvalue weighted by Gasteiger charge is -2.46. The first-order valence-corrected chi connectivity index (χ1v) is 27.1. The van der Waals surface area contributed by atoms with Crippen molar-refractivity contribution in [3.05, 3.63) is 264 Å². The fraction of sp³-hybridized carbons (Fsp3) is 0.0323. The lowest BCUT2D eigenvalue weighted by Crippen LogP contribution is -2.77. The number of benzene rings is 10. The Morgan fingerprint density at radius 2 is 0.925 bits per heavy atom. The summed E-state index contributed by atoms with van der Waals surface area (Å²) in [5, 5.41) is 5.62. The van der Waals surface area contributed by atoms with E-state index in [-0.39, 0.29) is 18.5 Å². The monoisotopic (exact) mass is 901 g/mol. The summed E-state index contributed by atoms with van der Waals surface area (Å²) in [5.41, 5.74) is 19.3. The number of hydrogen-bond donors (Lipinski definition) is 0. The van der Waals surface area contributed by atoms with Gasteiger partial charge in [-0.2, -0.15) is 0 Å². The average Bonchev–Trinajstić information content (AvgIpc) is 3.40. The number of para-hydroxylation sites is 1. The SMILES string of the molecule is c1ccc([Si]2(c3ccccc3)c3ccccc3N(c3cccc4c3Sc3cccc5c3B4c3ccccc3S5)c3ccc(-c4cccc5c4C4c6ccccc6C5c5ccccc54)cc32)cc1. The standard InChI is InChI=1S/C62H40BNS2Si/c1-3-18-40(19-4-1)67(41-20-5-2-6-21-41)56-35-14-12-30-50(56)64(52-31-16-29-49-62(52)66-55-34-17-33-54-61(55)63(49)48-28-11-13-32-53(48)65-54)51-37-36-39(38-57(51)67)42-26-15-27-47-58-43-22-7-9-24-45(43)60(59(42)47)46-25-10-8-23-44(46)58/h1-38,58,60H. The Kier molecular flexibility index (Phi) is 8.25. The average molecular weight is 902 g/mol. The Morgan fingerprint density at radius 3 is 1.67 bits per heavy atom. The van der Waals surface area contributed by atoms with Crippen LogP contribution in [-0.2, 0) is 0 Å². The highest BCUT2D eigenvalue weighted by atomic mass is 32.2. The van der Waals surface area contributed by atoms with Crippen LogP contribution in [0, 0.1) is 0 Å². The van der Waals surface area contributed by atoms with Crippen molar-refractivity contribution in [3.8, 4) is 11.1 Å². The zero-order valence-electron chi connectivity index (χ0n) is 36.4. The third-order valence-electron chi connectivity index (χ3n) is 15.4.